The zero-order valence-corrected chi connectivity index (χ0v) is 19.6. The number of carboxylic acid groups (broad SMARTS) is 1. The molecular formula is C27H31N3O4. The lowest BCUT2D eigenvalue weighted by atomic mass is 9.88. The fraction of sp³-hybridized carbons (Fsp3) is 0.444. The number of fused-ring (bicyclic) bond motifs is 3. The van der Waals surface area contributed by atoms with Crippen molar-refractivity contribution in [2.45, 2.75) is 63.5 Å². The number of aliphatic carboxylic acids is 1. The second kappa shape index (κ2) is 9.49. The molecule has 1 aliphatic carbocycles. The zero-order valence-electron chi connectivity index (χ0n) is 19.6. The zero-order chi connectivity index (χ0) is 23.7. The van der Waals surface area contributed by atoms with E-state index in [2.05, 4.69) is 6.07 Å². The van der Waals surface area contributed by atoms with Gasteiger partial charge in [-0.2, -0.15) is 0 Å². The molecule has 1 N–H and O–H groups in total. The van der Waals surface area contributed by atoms with Crippen LogP contribution < -0.4 is 0 Å². The smallest absolute Gasteiger partial charge is 0.409 e. The molecule has 1 aliphatic heterocycles. The molecular weight excluding hydrogens is 430 g/mol. The van der Waals surface area contributed by atoms with Gasteiger partial charge in [0, 0.05) is 24.4 Å². The minimum Gasteiger partial charge on any atom is -0.480 e. The monoisotopic (exact) mass is 461 g/mol. The Morgan fingerprint density at radius 3 is 2.59 bits per heavy atom. The van der Waals surface area contributed by atoms with E-state index in [0.29, 0.717) is 19.5 Å². The van der Waals surface area contributed by atoms with Crippen molar-refractivity contribution in [2.24, 2.45) is 0 Å². The molecule has 2 heterocycles. The van der Waals surface area contributed by atoms with Crippen LogP contribution in [0.1, 0.15) is 66.6 Å². The fourth-order valence-corrected chi connectivity index (χ4v) is 5.60. The number of amides is 1. The van der Waals surface area contributed by atoms with Crippen LogP contribution in [-0.4, -0.2) is 45.3 Å². The van der Waals surface area contributed by atoms with Crippen molar-refractivity contribution >= 4 is 23.1 Å². The highest BCUT2D eigenvalue weighted by atomic mass is 16.5. The van der Waals surface area contributed by atoms with E-state index in [9.17, 15) is 14.7 Å². The third kappa shape index (κ3) is 4.15. The van der Waals surface area contributed by atoms with Crippen molar-refractivity contribution < 1.29 is 19.4 Å². The lowest BCUT2D eigenvalue weighted by Crippen LogP contribution is -2.35. The summed E-state index contributed by atoms with van der Waals surface area (Å²) < 4.78 is 6.94. The van der Waals surface area contributed by atoms with Gasteiger partial charge in [0.1, 0.15) is 11.9 Å². The Morgan fingerprint density at radius 1 is 1.12 bits per heavy atom. The van der Waals surface area contributed by atoms with Crippen LogP contribution in [0.5, 0.6) is 0 Å². The fourth-order valence-electron chi connectivity index (χ4n) is 5.60. The first kappa shape index (κ1) is 22.4. The molecule has 0 unspecified atom stereocenters. The standard InChI is InChI=1S/C27H31N3O4/c1-34-27(33)29-15-14-19-12-13-22-24(21(19)17-29)28-25(20-10-6-3-7-11-20)30(22)23(26(31)32)16-18-8-4-2-5-9-18/h2,4-5,8-9,12-13,20,23H,3,6-7,10-11,14-17H2,1H3,(H,31,32)/t23-/m1/s1. The number of carbonyl (C=O) groups is 2. The molecule has 7 heteroatoms. The molecule has 0 spiro atoms. The molecule has 0 saturated heterocycles. The molecule has 2 aliphatic rings. The van der Waals surface area contributed by atoms with Crippen molar-refractivity contribution in [1.82, 2.24) is 14.5 Å². The Hall–Kier alpha value is -3.35. The summed E-state index contributed by atoms with van der Waals surface area (Å²) in [5.74, 6) is 0.269. The average Bonchev–Trinajstić information content (AvgIpc) is 3.27. The second-order valence-electron chi connectivity index (χ2n) is 9.43. The first-order valence-corrected chi connectivity index (χ1v) is 12.2. The van der Waals surface area contributed by atoms with Gasteiger partial charge in [-0.25, -0.2) is 14.6 Å². The van der Waals surface area contributed by atoms with Gasteiger partial charge in [0.15, 0.2) is 0 Å². The van der Waals surface area contributed by atoms with Crippen LogP contribution in [0.2, 0.25) is 0 Å². The lowest BCUT2D eigenvalue weighted by molar-refractivity contribution is -0.140. The summed E-state index contributed by atoms with van der Waals surface area (Å²) >= 11 is 0. The van der Waals surface area contributed by atoms with Crippen LogP contribution in [0.4, 0.5) is 4.79 Å². The van der Waals surface area contributed by atoms with Crippen LogP contribution in [0, 0.1) is 0 Å². The molecule has 0 bridgehead atoms. The SMILES string of the molecule is COC(=O)N1CCc2ccc3c(nc(C4CCCCC4)n3[C@H](Cc3ccccc3)C(=O)O)c2C1. The van der Waals surface area contributed by atoms with E-state index in [4.69, 9.17) is 9.72 Å². The second-order valence-corrected chi connectivity index (χ2v) is 9.43. The van der Waals surface area contributed by atoms with E-state index < -0.39 is 12.0 Å². The molecule has 1 saturated carbocycles. The molecule has 3 aromatic rings. The number of carboxylic acids is 1. The van der Waals surface area contributed by atoms with Gasteiger partial charge in [-0.1, -0.05) is 55.7 Å². The summed E-state index contributed by atoms with van der Waals surface area (Å²) in [6, 6.07) is 13.1. The van der Waals surface area contributed by atoms with Gasteiger partial charge < -0.3 is 19.3 Å². The van der Waals surface area contributed by atoms with Gasteiger partial charge in [-0.15, -0.1) is 0 Å². The molecule has 2 aromatic carbocycles. The Kier molecular flexibility index (Phi) is 6.26. The number of methoxy groups -OCH3 is 1. The highest BCUT2D eigenvalue weighted by Gasteiger charge is 2.32. The van der Waals surface area contributed by atoms with Crippen molar-refractivity contribution in [3.63, 3.8) is 0 Å². The molecule has 1 aromatic heterocycles. The summed E-state index contributed by atoms with van der Waals surface area (Å²) in [4.78, 5) is 31.7. The molecule has 0 radical (unpaired) electrons. The highest BCUT2D eigenvalue weighted by Crippen LogP contribution is 2.38. The van der Waals surface area contributed by atoms with E-state index in [1.54, 1.807) is 4.90 Å². The third-order valence-electron chi connectivity index (χ3n) is 7.36. The van der Waals surface area contributed by atoms with Crippen molar-refractivity contribution in [1.29, 1.82) is 0 Å². The number of nitrogens with zero attached hydrogens (tertiary/aromatic N) is 3. The summed E-state index contributed by atoms with van der Waals surface area (Å²) in [5.41, 5.74) is 4.83. The number of hydrogen-bond acceptors (Lipinski definition) is 4. The summed E-state index contributed by atoms with van der Waals surface area (Å²) in [6.07, 6.45) is 6.33. The summed E-state index contributed by atoms with van der Waals surface area (Å²) in [7, 11) is 1.40. The van der Waals surface area contributed by atoms with Crippen LogP contribution in [0.3, 0.4) is 0 Å². The van der Waals surface area contributed by atoms with E-state index >= 15 is 0 Å². The Balaban J connectivity index is 1.66. The van der Waals surface area contributed by atoms with Gasteiger partial charge in [-0.05, 0) is 36.5 Å². The summed E-state index contributed by atoms with van der Waals surface area (Å²) in [5, 5.41) is 10.4. The largest absolute Gasteiger partial charge is 0.480 e. The van der Waals surface area contributed by atoms with Crippen LogP contribution in [0.25, 0.3) is 11.0 Å². The maximum atomic E-state index is 12.6. The van der Waals surface area contributed by atoms with E-state index in [-0.39, 0.29) is 12.0 Å². The molecule has 1 fully saturated rings. The molecule has 34 heavy (non-hydrogen) atoms. The van der Waals surface area contributed by atoms with Crippen molar-refractivity contribution in [2.75, 3.05) is 13.7 Å². The topological polar surface area (TPSA) is 84.7 Å². The lowest BCUT2D eigenvalue weighted by Gasteiger charge is -2.28. The van der Waals surface area contributed by atoms with E-state index in [0.717, 1.165) is 60.1 Å². The number of imidazole rings is 1. The minimum atomic E-state index is -0.853. The Morgan fingerprint density at radius 2 is 1.88 bits per heavy atom. The molecule has 178 valence electrons. The predicted octanol–water partition coefficient (Wildman–Crippen LogP) is 5.08. The van der Waals surface area contributed by atoms with Crippen LogP contribution >= 0.6 is 0 Å². The number of benzene rings is 2. The first-order valence-electron chi connectivity index (χ1n) is 12.2. The molecule has 5 rings (SSSR count). The molecule has 7 nitrogen and oxygen atoms in total. The molecule has 1 atom stereocenters. The van der Waals surface area contributed by atoms with Gasteiger partial charge in [0.25, 0.3) is 0 Å². The average molecular weight is 462 g/mol. The maximum absolute atomic E-state index is 12.6. The van der Waals surface area contributed by atoms with Gasteiger partial charge in [0.05, 0.1) is 24.7 Å². The van der Waals surface area contributed by atoms with Crippen molar-refractivity contribution in [3.8, 4) is 0 Å². The number of ether oxygens (including phenoxy) is 1. The normalized spacial score (nSPS) is 17.4. The number of rotatable bonds is 5. The molecule has 1 amide bonds. The van der Waals surface area contributed by atoms with Crippen molar-refractivity contribution in [3.05, 3.63) is 65.0 Å². The Bertz CT molecular complexity index is 1200. The van der Waals surface area contributed by atoms with E-state index in [1.807, 2.05) is 41.0 Å². The van der Waals surface area contributed by atoms with Gasteiger partial charge in [0.2, 0.25) is 0 Å². The van der Waals surface area contributed by atoms with E-state index in [1.165, 1.54) is 19.1 Å². The number of hydrogen-bond donors (Lipinski definition) is 1. The highest BCUT2D eigenvalue weighted by molar-refractivity contribution is 5.85. The van der Waals surface area contributed by atoms with Gasteiger partial charge in [-0.3, -0.25) is 0 Å². The quantitative estimate of drug-likeness (QED) is 0.573. The maximum Gasteiger partial charge on any atom is 0.409 e. The predicted molar refractivity (Wildman–Crippen MR) is 129 cm³/mol. The Labute approximate surface area is 199 Å². The number of aromatic nitrogens is 2. The summed E-state index contributed by atoms with van der Waals surface area (Å²) in [6.45, 7) is 1.03. The first-order chi connectivity index (χ1) is 16.6. The van der Waals surface area contributed by atoms with Crippen LogP contribution in [-0.2, 0) is 28.9 Å². The minimum absolute atomic E-state index is 0.245. The number of carbonyl (C=O) groups excluding carboxylic acids is 1. The van der Waals surface area contributed by atoms with Gasteiger partial charge >= 0.3 is 12.1 Å². The van der Waals surface area contributed by atoms with Crippen LogP contribution in [0.15, 0.2) is 42.5 Å². The third-order valence-corrected chi connectivity index (χ3v) is 7.36.